The average Bonchev–Trinajstić information content (AvgIpc) is 2.45. The number of anilines is 2. The van der Waals surface area contributed by atoms with Crippen LogP contribution in [-0.2, 0) is 6.54 Å². The van der Waals surface area contributed by atoms with Crippen LogP contribution in [0.2, 0.25) is 5.02 Å². The third-order valence-corrected chi connectivity index (χ3v) is 3.42. The maximum Gasteiger partial charge on any atom is 0.123 e. The lowest BCUT2D eigenvalue weighted by Crippen LogP contribution is -2.17. The Labute approximate surface area is 124 Å². The van der Waals surface area contributed by atoms with Gasteiger partial charge in [0.1, 0.15) is 5.82 Å². The lowest BCUT2D eigenvalue weighted by atomic mass is 10.1. The first kappa shape index (κ1) is 14.8. The predicted molar refractivity (Wildman–Crippen MR) is 83.3 cm³/mol. The van der Waals surface area contributed by atoms with Crippen LogP contribution in [-0.4, -0.2) is 13.6 Å². The summed E-state index contributed by atoms with van der Waals surface area (Å²) in [5.74, 6) is -0.230. The molecule has 2 rings (SSSR count). The van der Waals surface area contributed by atoms with Crippen LogP contribution < -0.4 is 10.2 Å². The topological polar surface area (TPSA) is 15.3 Å². The average molecular weight is 293 g/mol. The fourth-order valence-corrected chi connectivity index (χ4v) is 2.28. The molecule has 0 fully saturated rings. The molecule has 0 amide bonds. The third-order valence-electron chi connectivity index (χ3n) is 3.18. The summed E-state index contributed by atoms with van der Waals surface area (Å²) in [5, 5.41) is 4.02. The zero-order valence-corrected chi connectivity index (χ0v) is 12.4. The van der Waals surface area contributed by atoms with Crippen LogP contribution in [0.15, 0.2) is 42.5 Å². The monoisotopic (exact) mass is 292 g/mol. The van der Waals surface area contributed by atoms with Crippen molar-refractivity contribution in [3.8, 4) is 0 Å². The second kappa shape index (κ2) is 6.73. The van der Waals surface area contributed by atoms with E-state index >= 15 is 0 Å². The minimum Gasteiger partial charge on any atom is -0.344 e. The first-order valence-corrected chi connectivity index (χ1v) is 6.98. The molecule has 0 heterocycles. The van der Waals surface area contributed by atoms with Gasteiger partial charge in [0.25, 0.3) is 0 Å². The molecule has 1 N–H and O–H groups in total. The van der Waals surface area contributed by atoms with E-state index in [4.69, 9.17) is 11.6 Å². The van der Waals surface area contributed by atoms with Crippen molar-refractivity contribution in [1.82, 2.24) is 5.32 Å². The molecule has 0 unspecified atom stereocenters. The van der Waals surface area contributed by atoms with Gasteiger partial charge >= 0.3 is 0 Å². The van der Waals surface area contributed by atoms with Crippen molar-refractivity contribution in [3.63, 3.8) is 0 Å². The van der Waals surface area contributed by atoms with E-state index in [-0.39, 0.29) is 5.82 Å². The van der Waals surface area contributed by atoms with Gasteiger partial charge in [-0.1, -0.05) is 18.5 Å². The van der Waals surface area contributed by atoms with Gasteiger partial charge in [-0.3, -0.25) is 0 Å². The van der Waals surface area contributed by atoms with Crippen molar-refractivity contribution in [2.24, 2.45) is 0 Å². The van der Waals surface area contributed by atoms with Crippen molar-refractivity contribution in [2.45, 2.75) is 13.5 Å². The van der Waals surface area contributed by atoms with E-state index in [1.54, 1.807) is 12.1 Å². The summed E-state index contributed by atoms with van der Waals surface area (Å²) in [5.41, 5.74) is 3.11. The molecule has 0 radical (unpaired) electrons. The largest absolute Gasteiger partial charge is 0.344 e. The van der Waals surface area contributed by atoms with E-state index in [1.165, 1.54) is 12.1 Å². The molecule has 0 saturated heterocycles. The summed E-state index contributed by atoms with van der Waals surface area (Å²) in [6.07, 6.45) is 0. The molecule has 2 nitrogen and oxygen atoms in total. The van der Waals surface area contributed by atoms with E-state index in [9.17, 15) is 4.39 Å². The van der Waals surface area contributed by atoms with Crippen LogP contribution in [0.5, 0.6) is 0 Å². The lowest BCUT2D eigenvalue weighted by Gasteiger charge is -2.23. The number of halogens is 2. The van der Waals surface area contributed by atoms with E-state index < -0.39 is 0 Å². The molecule has 4 heteroatoms. The van der Waals surface area contributed by atoms with Gasteiger partial charge in [-0.15, -0.1) is 0 Å². The van der Waals surface area contributed by atoms with E-state index in [2.05, 4.69) is 12.2 Å². The van der Waals surface area contributed by atoms with Gasteiger partial charge in [0, 0.05) is 30.0 Å². The summed E-state index contributed by atoms with van der Waals surface area (Å²) >= 11 is 6.07. The van der Waals surface area contributed by atoms with Crippen molar-refractivity contribution in [3.05, 3.63) is 58.9 Å². The zero-order chi connectivity index (χ0) is 14.5. The van der Waals surface area contributed by atoms with Gasteiger partial charge in [-0.2, -0.15) is 0 Å². The Bertz CT molecular complexity index is 569. The second-order valence-corrected chi connectivity index (χ2v) is 5.03. The molecule has 0 spiro atoms. The highest BCUT2D eigenvalue weighted by Crippen LogP contribution is 2.29. The molecular weight excluding hydrogens is 275 g/mol. The van der Waals surface area contributed by atoms with E-state index in [1.807, 2.05) is 30.1 Å². The van der Waals surface area contributed by atoms with Gasteiger partial charge in [-0.25, -0.2) is 4.39 Å². The van der Waals surface area contributed by atoms with Gasteiger partial charge in [0.2, 0.25) is 0 Å². The Kier molecular flexibility index (Phi) is 4.99. The molecule has 20 heavy (non-hydrogen) atoms. The first-order chi connectivity index (χ1) is 9.61. The first-order valence-electron chi connectivity index (χ1n) is 6.60. The number of hydrogen-bond acceptors (Lipinski definition) is 2. The summed E-state index contributed by atoms with van der Waals surface area (Å²) in [7, 11) is 1.96. The molecule has 0 aliphatic rings. The summed E-state index contributed by atoms with van der Waals surface area (Å²) in [4.78, 5) is 2.03. The summed E-state index contributed by atoms with van der Waals surface area (Å²) < 4.78 is 13.0. The minimum atomic E-state index is -0.230. The molecule has 2 aromatic carbocycles. The fourth-order valence-electron chi connectivity index (χ4n) is 2.09. The SMILES string of the molecule is CCNCc1cc(Cl)ccc1N(C)c1ccc(F)cc1. The Morgan fingerprint density at radius 3 is 2.50 bits per heavy atom. The van der Waals surface area contributed by atoms with Crippen LogP contribution >= 0.6 is 11.6 Å². The predicted octanol–water partition coefficient (Wildman–Crippen LogP) is 4.36. The lowest BCUT2D eigenvalue weighted by molar-refractivity contribution is 0.628. The molecule has 0 atom stereocenters. The van der Waals surface area contributed by atoms with Crippen LogP contribution in [0.1, 0.15) is 12.5 Å². The third kappa shape index (κ3) is 3.50. The minimum absolute atomic E-state index is 0.230. The molecular formula is C16H18ClFN2. The molecule has 0 aliphatic carbocycles. The van der Waals surface area contributed by atoms with Crippen LogP contribution in [0, 0.1) is 5.82 Å². The Balaban J connectivity index is 2.32. The zero-order valence-electron chi connectivity index (χ0n) is 11.7. The number of rotatable bonds is 5. The Hall–Kier alpha value is -1.58. The van der Waals surface area contributed by atoms with Gasteiger partial charge in [-0.05, 0) is 54.6 Å². The van der Waals surface area contributed by atoms with Crippen molar-refractivity contribution in [1.29, 1.82) is 0 Å². The van der Waals surface area contributed by atoms with Crippen molar-refractivity contribution in [2.75, 3.05) is 18.5 Å². The molecule has 0 bridgehead atoms. The van der Waals surface area contributed by atoms with E-state index in [0.717, 1.165) is 30.0 Å². The van der Waals surface area contributed by atoms with Gasteiger partial charge in [0.05, 0.1) is 0 Å². The maximum atomic E-state index is 13.0. The molecule has 2 aromatic rings. The number of nitrogens with one attached hydrogen (secondary N) is 1. The molecule has 0 aromatic heterocycles. The van der Waals surface area contributed by atoms with Crippen LogP contribution in [0.25, 0.3) is 0 Å². The highest BCUT2D eigenvalue weighted by Gasteiger charge is 2.10. The number of hydrogen-bond donors (Lipinski definition) is 1. The number of benzene rings is 2. The van der Waals surface area contributed by atoms with Gasteiger partial charge in [0.15, 0.2) is 0 Å². The Morgan fingerprint density at radius 1 is 1.15 bits per heavy atom. The van der Waals surface area contributed by atoms with Gasteiger partial charge < -0.3 is 10.2 Å². The summed E-state index contributed by atoms with van der Waals surface area (Å²) in [6, 6.07) is 12.3. The molecule has 0 saturated carbocycles. The molecule has 0 aliphatic heterocycles. The normalized spacial score (nSPS) is 10.6. The second-order valence-electron chi connectivity index (χ2n) is 4.59. The van der Waals surface area contributed by atoms with Crippen molar-refractivity contribution < 1.29 is 4.39 Å². The Morgan fingerprint density at radius 2 is 1.85 bits per heavy atom. The standard InChI is InChI=1S/C16H18ClFN2/c1-3-19-11-12-10-13(17)4-9-16(12)20(2)15-7-5-14(18)6-8-15/h4-10,19H,3,11H2,1-2H3. The van der Waals surface area contributed by atoms with E-state index in [0.29, 0.717) is 5.02 Å². The van der Waals surface area contributed by atoms with Crippen LogP contribution in [0.3, 0.4) is 0 Å². The van der Waals surface area contributed by atoms with Crippen LogP contribution in [0.4, 0.5) is 15.8 Å². The fraction of sp³-hybridized carbons (Fsp3) is 0.250. The summed E-state index contributed by atoms with van der Waals surface area (Å²) in [6.45, 7) is 3.71. The quantitative estimate of drug-likeness (QED) is 0.881. The highest BCUT2D eigenvalue weighted by atomic mass is 35.5. The van der Waals surface area contributed by atoms with Crippen molar-refractivity contribution >= 4 is 23.0 Å². The highest BCUT2D eigenvalue weighted by molar-refractivity contribution is 6.30. The smallest absolute Gasteiger partial charge is 0.123 e. The maximum absolute atomic E-state index is 13.0. The molecule has 106 valence electrons. The number of nitrogens with zero attached hydrogens (tertiary/aromatic N) is 1.